The number of rotatable bonds is 10. The molecule has 0 saturated heterocycles. The maximum Gasteiger partial charge on any atom is 0.433 e. The molecule has 0 aliphatic heterocycles. The second-order valence-corrected chi connectivity index (χ2v) is 9.10. The number of pyridine rings is 1. The van der Waals surface area contributed by atoms with Gasteiger partial charge in [0, 0.05) is 24.8 Å². The van der Waals surface area contributed by atoms with Gasteiger partial charge < -0.3 is 9.67 Å². The fourth-order valence-electron chi connectivity index (χ4n) is 4.37. The number of alkyl halides is 3. The summed E-state index contributed by atoms with van der Waals surface area (Å²) in [5.74, 6) is 0.775. The van der Waals surface area contributed by atoms with Crippen molar-refractivity contribution in [3.8, 4) is 0 Å². The van der Waals surface area contributed by atoms with Crippen molar-refractivity contribution in [2.24, 2.45) is 0 Å². The van der Waals surface area contributed by atoms with E-state index in [1.807, 2.05) is 25.3 Å². The number of fused-ring (bicyclic) bond motifs is 1. The van der Waals surface area contributed by atoms with Gasteiger partial charge in [-0.2, -0.15) is 13.2 Å². The number of hydrogen-bond acceptors (Lipinski definition) is 4. The molecule has 0 aromatic carbocycles. The summed E-state index contributed by atoms with van der Waals surface area (Å²) < 4.78 is 41.5. The van der Waals surface area contributed by atoms with Crippen LogP contribution < -0.4 is 0 Å². The molecule has 1 fully saturated rings. The van der Waals surface area contributed by atoms with Gasteiger partial charge in [0.1, 0.15) is 22.8 Å². The van der Waals surface area contributed by atoms with E-state index in [2.05, 4.69) is 9.97 Å². The van der Waals surface area contributed by atoms with Gasteiger partial charge in [0.05, 0.1) is 5.60 Å². The van der Waals surface area contributed by atoms with Crippen LogP contribution in [0.15, 0.2) is 12.1 Å². The molecule has 0 spiro atoms. The van der Waals surface area contributed by atoms with Gasteiger partial charge in [-0.15, -0.1) is 0 Å². The lowest BCUT2D eigenvalue weighted by Gasteiger charge is -2.41. The van der Waals surface area contributed by atoms with Crippen molar-refractivity contribution in [3.63, 3.8) is 0 Å². The van der Waals surface area contributed by atoms with E-state index in [1.165, 1.54) is 6.07 Å². The average Bonchev–Trinajstić information content (AvgIpc) is 3.06. The lowest BCUT2D eigenvalue weighted by Crippen LogP contribution is -2.38. The minimum atomic E-state index is -4.50. The second kappa shape index (κ2) is 8.88. The summed E-state index contributed by atoms with van der Waals surface area (Å²) in [6.07, 6.45) is 1.88. The predicted octanol–water partition coefficient (Wildman–Crippen LogP) is 5.57. The smallest absolute Gasteiger partial charge is 0.389 e. The fraction of sp³-hybridized carbons (Fsp3) is 0.696. The molecular weight excluding hydrogens is 407 g/mol. The molecule has 2 aromatic rings. The number of aliphatic hydroxyl groups is 1. The second-order valence-electron chi connectivity index (χ2n) is 9.10. The highest BCUT2D eigenvalue weighted by atomic mass is 19.4. The van der Waals surface area contributed by atoms with Crippen molar-refractivity contribution < 1.29 is 23.1 Å². The third-order valence-corrected chi connectivity index (χ3v) is 6.78. The van der Waals surface area contributed by atoms with Crippen LogP contribution in [0.3, 0.4) is 0 Å². The molecule has 1 N–H and O–H groups in total. The van der Waals surface area contributed by atoms with Crippen LogP contribution in [0.5, 0.6) is 0 Å². The molecule has 0 bridgehead atoms. The van der Waals surface area contributed by atoms with Crippen LogP contribution in [0, 0.1) is 0 Å². The highest BCUT2D eigenvalue weighted by Gasteiger charge is 2.39. The number of carbonyl (C=O) groups excluding carboxylic acids is 1. The predicted molar refractivity (Wildman–Crippen MR) is 113 cm³/mol. The topological polar surface area (TPSA) is 68.0 Å². The Balaban J connectivity index is 1.73. The molecular formula is C23H32F3N3O2. The molecule has 0 unspecified atom stereocenters. The Hall–Kier alpha value is -1.96. The summed E-state index contributed by atoms with van der Waals surface area (Å²) in [6.45, 7) is 5.80. The van der Waals surface area contributed by atoms with Crippen LogP contribution >= 0.6 is 0 Å². The summed E-state index contributed by atoms with van der Waals surface area (Å²) in [7, 11) is 0. The molecule has 2 aromatic heterocycles. The van der Waals surface area contributed by atoms with E-state index >= 15 is 0 Å². The van der Waals surface area contributed by atoms with Gasteiger partial charge in [0.2, 0.25) is 0 Å². The molecule has 0 atom stereocenters. The first-order chi connectivity index (χ1) is 14.5. The molecule has 1 saturated carbocycles. The Bertz CT molecular complexity index is 928. The Morgan fingerprint density at radius 2 is 1.84 bits per heavy atom. The van der Waals surface area contributed by atoms with E-state index in [0.29, 0.717) is 49.7 Å². The Morgan fingerprint density at radius 3 is 2.39 bits per heavy atom. The normalized spacial score (nSPS) is 16.5. The van der Waals surface area contributed by atoms with Crippen LogP contribution in [0.1, 0.15) is 90.1 Å². The summed E-state index contributed by atoms with van der Waals surface area (Å²) in [4.78, 5) is 20.8. The van der Waals surface area contributed by atoms with Crippen molar-refractivity contribution in [3.05, 3.63) is 23.7 Å². The maximum absolute atomic E-state index is 13.2. The van der Waals surface area contributed by atoms with Crippen molar-refractivity contribution >= 4 is 16.9 Å². The molecule has 1 aliphatic carbocycles. The van der Waals surface area contributed by atoms with Crippen molar-refractivity contribution in [1.82, 2.24) is 14.5 Å². The van der Waals surface area contributed by atoms with Gasteiger partial charge in [-0.3, -0.25) is 4.79 Å². The number of imidazole rings is 1. The Kier molecular flexibility index (Phi) is 6.79. The highest BCUT2D eigenvalue weighted by molar-refractivity contribution is 5.79. The maximum atomic E-state index is 13.2. The number of ketones is 1. The van der Waals surface area contributed by atoms with Crippen LogP contribution in [0.25, 0.3) is 11.2 Å². The lowest BCUT2D eigenvalue weighted by molar-refractivity contribution is -0.141. The first kappa shape index (κ1) is 23.7. The molecule has 172 valence electrons. The summed E-state index contributed by atoms with van der Waals surface area (Å²) in [5.41, 5.74) is -1.33. The van der Waals surface area contributed by atoms with Gasteiger partial charge in [-0.25, -0.2) is 9.97 Å². The fourth-order valence-corrected chi connectivity index (χ4v) is 4.37. The van der Waals surface area contributed by atoms with E-state index in [9.17, 15) is 23.1 Å². The third-order valence-electron chi connectivity index (χ3n) is 6.78. The van der Waals surface area contributed by atoms with E-state index in [-0.39, 0.29) is 17.7 Å². The minimum Gasteiger partial charge on any atom is -0.389 e. The molecule has 3 rings (SSSR count). The van der Waals surface area contributed by atoms with E-state index in [1.54, 1.807) is 0 Å². The van der Waals surface area contributed by atoms with Crippen molar-refractivity contribution in [2.45, 2.75) is 102 Å². The molecule has 2 heterocycles. The standard InChI is InChI=1S/C23H32F3N3O2/c1-4-22(31,5-2)15-16(30)9-6-7-10-19-27-17-11-12-18(23(24,25)26)28-20(17)29(19)21(3)13-8-14-21/h11-12,31H,4-10,13-15H2,1-3H3. The number of Topliss-reactive ketones (excluding diaryl/α,β-unsaturated/α-hetero) is 1. The Morgan fingerprint density at radius 1 is 1.16 bits per heavy atom. The van der Waals surface area contributed by atoms with Gasteiger partial charge in [0.25, 0.3) is 0 Å². The van der Waals surface area contributed by atoms with Gasteiger partial charge in [0.15, 0.2) is 5.65 Å². The first-order valence-corrected chi connectivity index (χ1v) is 11.2. The quantitative estimate of drug-likeness (QED) is 0.491. The van der Waals surface area contributed by atoms with Crippen molar-refractivity contribution in [1.29, 1.82) is 0 Å². The minimum absolute atomic E-state index is 0.0437. The number of aryl methyl sites for hydroxylation is 1. The van der Waals surface area contributed by atoms with Gasteiger partial charge in [-0.1, -0.05) is 13.8 Å². The zero-order valence-corrected chi connectivity index (χ0v) is 18.6. The number of nitrogens with zero attached hydrogens (tertiary/aromatic N) is 3. The number of hydrogen-bond donors (Lipinski definition) is 1. The Labute approximate surface area is 181 Å². The summed E-state index contributed by atoms with van der Waals surface area (Å²) >= 11 is 0. The molecule has 31 heavy (non-hydrogen) atoms. The largest absolute Gasteiger partial charge is 0.433 e. The van der Waals surface area contributed by atoms with E-state index in [4.69, 9.17) is 0 Å². The first-order valence-electron chi connectivity index (χ1n) is 11.2. The zero-order chi connectivity index (χ0) is 22.9. The average molecular weight is 440 g/mol. The highest BCUT2D eigenvalue weighted by Crippen LogP contribution is 2.42. The lowest BCUT2D eigenvalue weighted by atomic mass is 9.78. The van der Waals surface area contributed by atoms with Crippen LogP contribution in [-0.2, 0) is 22.9 Å². The van der Waals surface area contributed by atoms with Crippen LogP contribution in [0.2, 0.25) is 0 Å². The monoisotopic (exact) mass is 439 g/mol. The van der Waals surface area contributed by atoms with Crippen molar-refractivity contribution in [2.75, 3.05) is 0 Å². The van der Waals surface area contributed by atoms with E-state index in [0.717, 1.165) is 31.2 Å². The molecule has 0 amide bonds. The number of unbranched alkanes of at least 4 members (excludes halogenated alkanes) is 1. The van der Waals surface area contributed by atoms with Crippen LogP contribution in [-0.4, -0.2) is 31.0 Å². The number of halogens is 3. The third kappa shape index (κ3) is 5.10. The van der Waals surface area contributed by atoms with Gasteiger partial charge >= 0.3 is 6.18 Å². The summed E-state index contributed by atoms with van der Waals surface area (Å²) in [5, 5.41) is 10.3. The summed E-state index contributed by atoms with van der Waals surface area (Å²) in [6, 6.07) is 2.38. The number of carbonyl (C=O) groups is 1. The molecule has 5 nitrogen and oxygen atoms in total. The molecule has 0 radical (unpaired) electrons. The zero-order valence-electron chi connectivity index (χ0n) is 18.6. The molecule has 1 aliphatic rings. The SMILES string of the molecule is CCC(O)(CC)CC(=O)CCCCc1nc2ccc(C(F)(F)F)nc2n1C1(C)CCC1. The van der Waals surface area contributed by atoms with Gasteiger partial charge in [-0.05, 0) is 64.0 Å². The molecule has 8 heteroatoms. The van der Waals surface area contributed by atoms with E-state index < -0.39 is 17.5 Å². The number of aromatic nitrogens is 3. The van der Waals surface area contributed by atoms with Crippen LogP contribution in [0.4, 0.5) is 13.2 Å².